The topological polar surface area (TPSA) is 108 Å². The molecule has 0 radical (unpaired) electrons. The average molecular weight is 460 g/mol. The highest BCUT2D eigenvalue weighted by atomic mass is 32.2. The second kappa shape index (κ2) is 7.48. The van der Waals surface area contributed by atoms with Gasteiger partial charge in [-0.15, -0.1) is 10.2 Å². The van der Waals surface area contributed by atoms with Crippen molar-refractivity contribution in [3.8, 4) is 5.13 Å². The quantitative estimate of drug-likeness (QED) is 0.553. The van der Waals surface area contributed by atoms with Crippen molar-refractivity contribution in [3.05, 3.63) is 33.7 Å². The van der Waals surface area contributed by atoms with Crippen LogP contribution in [0.3, 0.4) is 0 Å². The van der Waals surface area contributed by atoms with E-state index in [2.05, 4.69) is 14.9 Å². The molecule has 162 valence electrons. The molecule has 0 unspecified atom stereocenters. The van der Waals surface area contributed by atoms with Gasteiger partial charge in [-0.3, -0.25) is 4.57 Å². The van der Waals surface area contributed by atoms with Gasteiger partial charge in [0.1, 0.15) is 0 Å². The number of sulfonamides is 1. The van der Waals surface area contributed by atoms with Gasteiger partial charge in [0.2, 0.25) is 15.2 Å². The Bertz CT molecular complexity index is 1260. The smallest absolute Gasteiger partial charge is 0.335 e. The molecule has 1 aliphatic carbocycles. The molecule has 30 heavy (non-hydrogen) atoms. The number of halogens is 2. The Morgan fingerprint density at radius 1 is 1.30 bits per heavy atom. The Balaban J connectivity index is 1.89. The van der Waals surface area contributed by atoms with Crippen molar-refractivity contribution in [2.45, 2.75) is 43.2 Å². The Kier molecular flexibility index (Phi) is 5.24. The number of ether oxygens (including phenoxy) is 1. The summed E-state index contributed by atoms with van der Waals surface area (Å²) in [7, 11) is -2.34. The molecule has 1 aliphatic rings. The van der Waals surface area contributed by atoms with Crippen LogP contribution in [0.1, 0.15) is 31.2 Å². The number of alkyl halides is 2. The Hall–Kier alpha value is -2.22. The fourth-order valence-electron chi connectivity index (χ4n) is 3.07. The molecule has 0 aliphatic heterocycles. The highest BCUT2D eigenvalue weighted by molar-refractivity contribution is 7.89. The molecule has 1 N–H and O–H groups in total. The zero-order chi connectivity index (χ0) is 21.7. The van der Waals surface area contributed by atoms with Gasteiger partial charge in [0.15, 0.2) is 5.01 Å². The Morgan fingerprint density at radius 3 is 2.63 bits per heavy atom. The second-order valence-electron chi connectivity index (χ2n) is 7.30. The number of fused-ring (bicyclic) bond motifs is 1. The predicted octanol–water partition coefficient (Wildman–Crippen LogP) is 2.06. The van der Waals surface area contributed by atoms with Crippen molar-refractivity contribution in [1.82, 2.24) is 24.1 Å². The summed E-state index contributed by atoms with van der Waals surface area (Å²) < 4.78 is 61.7. The van der Waals surface area contributed by atoms with E-state index in [1.807, 2.05) is 6.92 Å². The molecule has 0 bridgehead atoms. The summed E-state index contributed by atoms with van der Waals surface area (Å²) in [6, 6.07) is 4.27. The third-order valence-corrected chi connectivity index (χ3v) is 7.47. The zero-order valence-electron chi connectivity index (χ0n) is 16.1. The van der Waals surface area contributed by atoms with Crippen LogP contribution in [0.15, 0.2) is 27.9 Å². The summed E-state index contributed by atoms with van der Waals surface area (Å²) in [6.07, 6.45) is -1.34. The minimum absolute atomic E-state index is 0.0284. The minimum atomic E-state index is -3.83. The van der Waals surface area contributed by atoms with E-state index in [0.717, 1.165) is 17.4 Å². The van der Waals surface area contributed by atoms with E-state index in [1.165, 1.54) is 29.9 Å². The number of nitrogens with one attached hydrogen (secondary N) is 1. The predicted molar refractivity (Wildman–Crippen MR) is 106 cm³/mol. The molecule has 1 saturated carbocycles. The van der Waals surface area contributed by atoms with Crippen LogP contribution in [0.5, 0.6) is 0 Å². The van der Waals surface area contributed by atoms with Gasteiger partial charge < -0.3 is 4.74 Å². The van der Waals surface area contributed by atoms with Gasteiger partial charge in [0, 0.05) is 12.6 Å². The normalized spacial score (nSPS) is 15.9. The molecule has 0 atom stereocenters. The summed E-state index contributed by atoms with van der Waals surface area (Å²) in [5, 5.41) is 6.56. The molecule has 13 heteroatoms. The lowest BCUT2D eigenvalue weighted by Crippen LogP contribution is -2.34. The molecule has 0 amide bonds. The van der Waals surface area contributed by atoms with E-state index in [0.29, 0.717) is 16.9 Å². The summed E-state index contributed by atoms with van der Waals surface area (Å²) in [5.41, 5.74) is -0.349. The number of methoxy groups -OCH3 is 1. The highest BCUT2D eigenvalue weighted by Gasteiger charge is 2.41. The summed E-state index contributed by atoms with van der Waals surface area (Å²) >= 11 is 0.575. The maximum absolute atomic E-state index is 13.0. The van der Waals surface area contributed by atoms with Crippen molar-refractivity contribution in [2.75, 3.05) is 13.7 Å². The molecular formula is C17H19F2N5O4S2. The van der Waals surface area contributed by atoms with Crippen molar-refractivity contribution < 1.29 is 21.9 Å². The Labute approximate surface area is 174 Å². The number of nitrogens with zero attached hydrogens (tertiary/aromatic N) is 4. The third-order valence-electron chi connectivity index (χ3n) is 4.92. The summed E-state index contributed by atoms with van der Waals surface area (Å²) in [5.74, 6) is 0. The van der Waals surface area contributed by atoms with Crippen molar-refractivity contribution in [1.29, 1.82) is 0 Å². The van der Waals surface area contributed by atoms with E-state index < -0.39 is 32.7 Å². The molecule has 0 saturated heterocycles. The lowest BCUT2D eigenvalue weighted by molar-refractivity contribution is 0.150. The minimum Gasteiger partial charge on any atom is -0.383 e. The van der Waals surface area contributed by atoms with Gasteiger partial charge in [0.05, 0.1) is 29.1 Å². The summed E-state index contributed by atoms with van der Waals surface area (Å²) in [6.45, 7) is 2.24. The summed E-state index contributed by atoms with van der Waals surface area (Å²) in [4.78, 5) is 13.0. The highest BCUT2D eigenvalue weighted by Crippen LogP contribution is 2.36. The maximum Gasteiger partial charge on any atom is 0.335 e. The standard InChI is InChI=1S/C17H19F2N5O4S2/c1-17(5-6-17)22-30(26,27)10-3-4-11-12(9-10)24(16(25)23(11)7-8-28-2)15-21-20-14(29-15)13(18)19/h3-4,9,13,22H,5-8H2,1-2H3. The van der Waals surface area contributed by atoms with E-state index in [1.54, 1.807) is 0 Å². The molecule has 0 spiro atoms. The number of benzene rings is 1. The molecular weight excluding hydrogens is 440 g/mol. The number of aromatic nitrogens is 4. The first kappa shape index (κ1) is 21.0. The van der Waals surface area contributed by atoms with Crippen molar-refractivity contribution in [3.63, 3.8) is 0 Å². The fourth-order valence-corrected chi connectivity index (χ4v) is 5.26. The number of hydrogen-bond acceptors (Lipinski definition) is 7. The van der Waals surface area contributed by atoms with E-state index in [4.69, 9.17) is 4.74 Å². The van der Waals surface area contributed by atoms with Gasteiger partial charge in [0.25, 0.3) is 6.43 Å². The first-order valence-electron chi connectivity index (χ1n) is 9.05. The van der Waals surface area contributed by atoms with Crippen LogP contribution < -0.4 is 10.4 Å². The number of rotatable bonds is 8. The average Bonchev–Trinajstić information content (AvgIpc) is 3.11. The third kappa shape index (κ3) is 3.77. The molecule has 1 aromatic carbocycles. The van der Waals surface area contributed by atoms with Crippen LogP contribution in [-0.2, 0) is 21.3 Å². The molecule has 9 nitrogen and oxygen atoms in total. The number of imidazole rings is 1. The molecule has 4 rings (SSSR count). The molecule has 2 heterocycles. The van der Waals surface area contributed by atoms with Crippen LogP contribution in [0.2, 0.25) is 0 Å². The van der Waals surface area contributed by atoms with Gasteiger partial charge >= 0.3 is 5.69 Å². The molecule has 2 aromatic heterocycles. The SMILES string of the molecule is COCCn1c(=O)n(-c2nnc(C(F)F)s2)c2cc(S(=O)(=O)NC3(C)CC3)ccc21. The van der Waals surface area contributed by atoms with Gasteiger partial charge in [-0.2, -0.15) is 0 Å². The Morgan fingerprint density at radius 2 is 2.03 bits per heavy atom. The fraction of sp³-hybridized carbons (Fsp3) is 0.471. The van der Waals surface area contributed by atoms with Crippen LogP contribution >= 0.6 is 11.3 Å². The second-order valence-corrected chi connectivity index (χ2v) is 9.97. The largest absolute Gasteiger partial charge is 0.383 e. The van der Waals surface area contributed by atoms with Crippen LogP contribution in [0.4, 0.5) is 8.78 Å². The zero-order valence-corrected chi connectivity index (χ0v) is 17.8. The van der Waals surface area contributed by atoms with Gasteiger partial charge in [-0.25, -0.2) is 31.3 Å². The van der Waals surface area contributed by atoms with E-state index >= 15 is 0 Å². The molecule has 1 fully saturated rings. The van der Waals surface area contributed by atoms with E-state index in [-0.39, 0.29) is 28.7 Å². The lowest BCUT2D eigenvalue weighted by Gasteiger charge is -2.12. The first-order valence-corrected chi connectivity index (χ1v) is 11.4. The maximum atomic E-state index is 13.0. The van der Waals surface area contributed by atoms with Crippen LogP contribution in [0.25, 0.3) is 16.2 Å². The van der Waals surface area contributed by atoms with Gasteiger partial charge in [-0.1, -0.05) is 11.3 Å². The van der Waals surface area contributed by atoms with Crippen molar-refractivity contribution in [2.24, 2.45) is 0 Å². The number of hydrogen-bond donors (Lipinski definition) is 1. The molecule has 3 aromatic rings. The van der Waals surface area contributed by atoms with Crippen molar-refractivity contribution >= 4 is 32.4 Å². The van der Waals surface area contributed by atoms with Crippen LogP contribution in [0, 0.1) is 0 Å². The van der Waals surface area contributed by atoms with E-state index in [9.17, 15) is 22.0 Å². The van der Waals surface area contributed by atoms with Crippen LogP contribution in [-0.4, -0.2) is 47.0 Å². The lowest BCUT2D eigenvalue weighted by atomic mass is 10.3. The first-order chi connectivity index (χ1) is 14.1. The van der Waals surface area contributed by atoms with Gasteiger partial charge in [-0.05, 0) is 38.0 Å². The monoisotopic (exact) mass is 459 g/mol.